The van der Waals surface area contributed by atoms with Crippen molar-refractivity contribution in [3.05, 3.63) is 0 Å². The van der Waals surface area contributed by atoms with E-state index >= 15 is 0 Å². The van der Waals surface area contributed by atoms with Gasteiger partial charge in [0.15, 0.2) is 0 Å². The third-order valence-corrected chi connectivity index (χ3v) is 2.73. The van der Waals surface area contributed by atoms with Crippen LogP contribution in [0.5, 0.6) is 0 Å². The lowest BCUT2D eigenvalue weighted by atomic mass is 10.2. The van der Waals surface area contributed by atoms with E-state index in [-0.39, 0.29) is 0 Å². The van der Waals surface area contributed by atoms with Crippen LogP contribution in [0.3, 0.4) is 0 Å². The molecule has 1 fully saturated rings. The van der Waals surface area contributed by atoms with Crippen molar-refractivity contribution in [2.75, 3.05) is 32.7 Å². The highest BCUT2D eigenvalue weighted by Gasteiger charge is 2.09. The standard InChI is InChI=1S/C12H22N2/c1-2-3-4-5-8-13-9-12-14-10-6-7-11-14/h1,13H,3-12H2. The average Bonchev–Trinajstić information content (AvgIpc) is 2.69. The van der Waals surface area contributed by atoms with Gasteiger partial charge in [-0.25, -0.2) is 0 Å². The van der Waals surface area contributed by atoms with Crippen LogP contribution in [0.25, 0.3) is 0 Å². The highest BCUT2D eigenvalue weighted by Crippen LogP contribution is 2.05. The zero-order valence-corrected chi connectivity index (χ0v) is 9.10. The van der Waals surface area contributed by atoms with Gasteiger partial charge in [-0.2, -0.15) is 0 Å². The quantitative estimate of drug-likeness (QED) is 0.488. The van der Waals surface area contributed by atoms with Gasteiger partial charge in [0.25, 0.3) is 0 Å². The summed E-state index contributed by atoms with van der Waals surface area (Å²) in [7, 11) is 0. The van der Waals surface area contributed by atoms with Crippen molar-refractivity contribution >= 4 is 0 Å². The molecule has 0 aromatic rings. The number of likely N-dealkylation sites (tertiary alicyclic amines) is 1. The molecule has 0 unspecified atom stereocenters. The second kappa shape index (κ2) is 7.84. The second-order valence-corrected chi connectivity index (χ2v) is 3.96. The van der Waals surface area contributed by atoms with Crippen molar-refractivity contribution in [2.45, 2.75) is 32.1 Å². The maximum Gasteiger partial charge on any atom is 0.0107 e. The first-order valence-electron chi connectivity index (χ1n) is 5.80. The summed E-state index contributed by atoms with van der Waals surface area (Å²) in [6.45, 7) is 6.08. The van der Waals surface area contributed by atoms with E-state index in [0.29, 0.717) is 0 Å². The van der Waals surface area contributed by atoms with Gasteiger partial charge in [-0.1, -0.05) is 0 Å². The van der Waals surface area contributed by atoms with Crippen LogP contribution in [0.2, 0.25) is 0 Å². The fourth-order valence-corrected chi connectivity index (χ4v) is 1.85. The summed E-state index contributed by atoms with van der Waals surface area (Å²) in [5, 5.41) is 3.46. The summed E-state index contributed by atoms with van der Waals surface area (Å²) in [5.74, 6) is 2.67. The van der Waals surface area contributed by atoms with E-state index < -0.39 is 0 Å². The van der Waals surface area contributed by atoms with Gasteiger partial charge in [-0.15, -0.1) is 12.3 Å². The zero-order valence-electron chi connectivity index (χ0n) is 9.10. The third-order valence-electron chi connectivity index (χ3n) is 2.73. The third kappa shape index (κ3) is 5.26. The number of nitrogens with one attached hydrogen (secondary N) is 1. The van der Waals surface area contributed by atoms with Crippen LogP contribution in [0.1, 0.15) is 32.1 Å². The SMILES string of the molecule is C#CCCCCNCCN1CCCC1. The molecule has 0 amide bonds. The molecule has 0 aromatic heterocycles. The monoisotopic (exact) mass is 194 g/mol. The molecule has 1 rings (SSSR count). The minimum Gasteiger partial charge on any atom is -0.315 e. The summed E-state index contributed by atoms with van der Waals surface area (Å²) < 4.78 is 0. The summed E-state index contributed by atoms with van der Waals surface area (Å²) >= 11 is 0. The van der Waals surface area contributed by atoms with E-state index in [9.17, 15) is 0 Å². The average molecular weight is 194 g/mol. The van der Waals surface area contributed by atoms with Crippen LogP contribution in [0.15, 0.2) is 0 Å². The molecular formula is C12H22N2. The molecule has 0 aliphatic carbocycles. The van der Waals surface area contributed by atoms with Crippen molar-refractivity contribution in [2.24, 2.45) is 0 Å². The lowest BCUT2D eigenvalue weighted by Gasteiger charge is -2.14. The number of nitrogens with zero attached hydrogens (tertiary/aromatic N) is 1. The van der Waals surface area contributed by atoms with Gasteiger partial charge in [0.2, 0.25) is 0 Å². The molecule has 0 aromatic carbocycles. The first-order chi connectivity index (χ1) is 6.93. The molecule has 0 saturated carbocycles. The highest BCUT2D eigenvalue weighted by molar-refractivity contribution is 4.82. The normalized spacial score (nSPS) is 17.1. The minimum atomic E-state index is 0.924. The Balaban J connectivity index is 1.78. The van der Waals surface area contributed by atoms with Crippen molar-refractivity contribution in [1.29, 1.82) is 0 Å². The first-order valence-corrected chi connectivity index (χ1v) is 5.80. The van der Waals surface area contributed by atoms with Crippen LogP contribution < -0.4 is 5.32 Å². The summed E-state index contributed by atoms with van der Waals surface area (Å²) in [6, 6.07) is 0. The zero-order chi connectivity index (χ0) is 10.1. The van der Waals surface area contributed by atoms with Gasteiger partial charge < -0.3 is 10.2 Å². The number of hydrogen-bond acceptors (Lipinski definition) is 2. The molecule has 0 spiro atoms. The molecule has 1 saturated heterocycles. The summed E-state index contributed by atoms with van der Waals surface area (Å²) in [4.78, 5) is 2.54. The molecule has 1 heterocycles. The Morgan fingerprint density at radius 1 is 1.14 bits per heavy atom. The van der Waals surface area contributed by atoms with Crippen LogP contribution in [-0.4, -0.2) is 37.6 Å². The molecule has 2 heteroatoms. The number of terminal acetylenes is 1. The predicted molar refractivity (Wildman–Crippen MR) is 61.2 cm³/mol. The molecule has 0 atom stereocenters. The van der Waals surface area contributed by atoms with Gasteiger partial charge in [-0.05, 0) is 45.3 Å². The first kappa shape index (κ1) is 11.6. The number of unbranched alkanes of at least 4 members (excludes halogenated alkanes) is 2. The Bertz CT molecular complexity index is 166. The van der Waals surface area contributed by atoms with Gasteiger partial charge in [0, 0.05) is 19.5 Å². The van der Waals surface area contributed by atoms with Gasteiger partial charge in [0.1, 0.15) is 0 Å². The largest absolute Gasteiger partial charge is 0.315 e. The number of hydrogen-bond donors (Lipinski definition) is 1. The summed E-state index contributed by atoms with van der Waals surface area (Å²) in [5.41, 5.74) is 0. The Morgan fingerprint density at radius 2 is 1.93 bits per heavy atom. The van der Waals surface area contributed by atoms with E-state index in [1.54, 1.807) is 0 Å². The Hall–Kier alpha value is -0.520. The lowest BCUT2D eigenvalue weighted by molar-refractivity contribution is 0.335. The van der Waals surface area contributed by atoms with Crippen molar-refractivity contribution < 1.29 is 0 Å². The maximum atomic E-state index is 5.18. The molecule has 2 nitrogen and oxygen atoms in total. The van der Waals surface area contributed by atoms with E-state index in [2.05, 4.69) is 16.1 Å². The topological polar surface area (TPSA) is 15.3 Å². The van der Waals surface area contributed by atoms with Gasteiger partial charge in [-0.3, -0.25) is 0 Å². The van der Waals surface area contributed by atoms with Crippen LogP contribution >= 0.6 is 0 Å². The molecule has 1 N–H and O–H groups in total. The molecule has 0 radical (unpaired) electrons. The molecular weight excluding hydrogens is 172 g/mol. The second-order valence-electron chi connectivity index (χ2n) is 3.96. The van der Waals surface area contributed by atoms with Crippen LogP contribution in [0, 0.1) is 12.3 Å². The van der Waals surface area contributed by atoms with Crippen molar-refractivity contribution in [1.82, 2.24) is 10.2 Å². The highest BCUT2D eigenvalue weighted by atomic mass is 15.1. The van der Waals surface area contributed by atoms with Crippen LogP contribution in [0.4, 0.5) is 0 Å². The van der Waals surface area contributed by atoms with Crippen molar-refractivity contribution in [3.63, 3.8) is 0 Å². The fraction of sp³-hybridized carbons (Fsp3) is 0.833. The van der Waals surface area contributed by atoms with Crippen molar-refractivity contribution in [3.8, 4) is 12.3 Å². The van der Waals surface area contributed by atoms with E-state index in [1.807, 2.05) is 0 Å². The van der Waals surface area contributed by atoms with Gasteiger partial charge >= 0.3 is 0 Å². The molecule has 1 aliphatic rings. The predicted octanol–water partition coefficient (Wildman–Crippen LogP) is 1.48. The Morgan fingerprint density at radius 3 is 2.64 bits per heavy atom. The summed E-state index contributed by atoms with van der Waals surface area (Å²) in [6.07, 6.45) is 11.3. The smallest absolute Gasteiger partial charge is 0.0107 e. The van der Waals surface area contributed by atoms with Gasteiger partial charge in [0.05, 0.1) is 0 Å². The maximum absolute atomic E-state index is 5.18. The van der Waals surface area contributed by atoms with E-state index in [1.165, 1.54) is 38.9 Å². The Kier molecular flexibility index (Phi) is 6.47. The molecule has 0 bridgehead atoms. The molecule has 1 aliphatic heterocycles. The van der Waals surface area contributed by atoms with Crippen LogP contribution in [-0.2, 0) is 0 Å². The molecule has 14 heavy (non-hydrogen) atoms. The lowest BCUT2D eigenvalue weighted by Crippen LogP contribution is -2.30. The number of rotatable bonds is 7. The minimum absolute atomic E-state index is 0.924. The van der Waals surface area contributed by atoms with E-state index in [0.717, 1.165) is 25.9 Å². The Labute approximate surface area is 88.1 Å². The van der Waals surface area contributed by atoms with E-state index in [4.69, 9.17) is 6.42 Å². The fourth-order valence-electron chi connectivity index (χ4n) is 1.85. The molecule has 80 valence electrons.